The zero-order valence-electron chi connectivity index (χ0n) is 21.6. The number of hydrogen-bond acceptors (Lipinski definition) is 8. The number of aliphatic hydroxyl groups excluding tert-OH is 2. The van der Waals surface area contributed by atoms with Crippen molar-refractivity contribution < 1.29 is 34.8 Å². The van der Waals surface area contributed by atoms with Crippen LogP contribution in [0.3, 0.4) is 0 Å². The monoisotopic (exact) mass is 517 g/mol. The van der Waals surface area contributed by atoms with Crippen LogP contribution < -0.4 is 0 Å². The molecule has 0 amide bonds. The second-order valence-electron chi connectivity index (χ2n) is 10.7. The first-order valence-corrected chi connectivity index (χ1v) is 12.7. The minimum Gasteiger partial charge on any atom is -0.508 e. The lowest BCUT2D eigenvalue weighted by atomic mass is 9.57. The summed E-state index contributed by atoms with van der Waals surface area (Å²) in [5.74, 6) is -5.54. The van der Waals surface area contributed by atoms with Gasteiger partial charge in [-0.15, -0.1) is 0 Å². The minimum atomic E-state index is -2.55. The number of carbonyl (C=O) groups excluding carboxylic acids is 3. The topological polar surface area (TPSA) is 135 Å². The molecule has 8 nitrogen and oxygen atoms in total. The van der Waals surface area contributed by atoms with Crippen LogP contribution in [0.2, 0.25) is 0 Å². The van der Waals surface area contributed by atoms with Crippen LogP contribution in [0.4, 0.5) is 0 Å². The van der Waals surface area contributed by atoms with Gasteiger partial charge in [-0.05, 0) is 75.4 Å². The van der Waals surface area contributed by atoms with Gasteiger partial charge in [0.05, 0.1) is 11.6 Å². The maximum absolute atomic E-state index is 13.9. The Kier molecular flexibility index (Phi) is 6.28. The van der Waals surface area contributed by atoms with Crippen LogP contribution in [-0.4, -0.2) is 68.4 Å². The molecule has 0 unspecified atom stereocenters. The number of phenolic OH excluding ortho intramolecular Hbond substituents is 1. The van der Waals surface area contributed by atoms with Gasteiger partial charge in [-0.25, -0.2) is 0 Å². The summed E-state index contributed by atoms with van der Waals surface area (Å²) in [6, 6.07) is 12.2. The Hall–Kier alpha value is -3.75. The normalized spacial score (nSPS) is 26.8. The lowest BCUT2D eigenvalue weighted by Crippen LogP contribution is -2.65. The molecule has 1 fully saturated rings. The van der Waals surface area contributed by atoms with Crippen molar-refractivity contribution in [3.8, 4) is 5.75 Å². The van der Waals surface area contributed by atoms with E-state index < -0.39 is 57.9 Å². The molecule has 1 saturated carbocycles. The predicted octanol–water partition coefficient (Wildman–Crippen LogP) is 2.85. The van der Waals surface area contributed by atoms with Crippen molar-refractivity contribution in [2.75, 3.05) is 14.1 Å². The molecule has 2 aromatic carbocycles. The first-order valence-electron chi connectivity index (χ1n) is 12.7. The van der Waals surface area contributed by atoms with Crippen LogP contribution in [0.15, 0.2) is 59.4 Å². The lowest BCUT2D eigenvalue weighted by Gasteiger charge is -2.50. The zero-order chi connectivity index (χ0) is 27.5. The van der Waals surface area contributed by atoms with E-state index in [1.54, 1.807) is 19.0 Å². The molecule has 0 saturated heterocycles. The number of aryl methyl sites for hydroxylation is 2. The third kappa shape index (κ3) is 3.70. The number of hydrogen-bond donors (Lipinski definition) is 4. The molecule has 3 aliphatic rings. The van der Waals surface area contributed by atoms with Gasteiger partial charge in [0.1, 0.15) is 22.8 Å². The maximum atomic E-state index is 13.9. The van der Waals surface area contributed by atoms with Crippen molar-refractivity contribution in [2.45, 2.75) is 44.2 Å². The fourth-order valence-electron chi connectivity index (χ4n) is 6.57. The number of fused-ring (bicyclic) bond motifs is 3. The Bertz CT molecular complexity index is 1420. The van der Waals surface area contributed by atoms with Crippen LogP contribution in [0.1, 0.15) is 35.6 Å². The van der Waals surface area contributed by atoms with E-state index in [9.17, 15) is 34.8 Å². The van der Waals surface area contributed by atoms with Gasteiger partial charge in [0.25, 0.3) is 0 Å². The highest BCUT2D eigenvalue weighted by molar-refractivity contribution is 6.25. The standard InChI is InChI=1S/C30H31NO7/c1-15(32)22-27(35)25(31(2)3)20-14-18-13-19-17(10-9-16-7-5-4-6-8-16)11-12-21(33)24(19)26(34)23(18)29(37)30(20,38)28(22)36/h4-8,11-12,18,20,25,33-34,36,38H,9-10,13-14H2,1-3H3/t18-,20-,25-,30+/m0/s1. The van der Waals surface area contributed by atoms with Crippen molar-refractivity contribution in [1.82, 2.24) is 4.90 Å². The quantitative estimate of drug-likeness (QED) is 0.445. The SMILES string of the molecule is CC(=O)C1=C(O)[C@@]2(O)C(=O)C3=C(O)c4c(O)ccc(CCc5ccccc5)c4C[C@H]3C[C@H]2[C@H](N(C)C)C1=O. The van der Waals surface area contributed by atoms with E-state index in [4.69, 9.17) is 0 Å². The number of ketones is 3. The molecule has 0 aromatic heterocycles. The molecule has 4 atom stereocenters. The van der Waals surface area contributed by atoms with E-state index in [1.165, 1.54) is 6.07 Å². The highest BCUT2D eigenvalue weighted by atomic mass is 16.3. The highest BCUT2D eigenvalue weighted by Gasteiger charge is 2.64. The third-order valence-electron chi connectivity index (χ3n) is 8.33. The van der Waals surface area contributed by atoms with E-state index in [0.29, 0.717) is 12.8 Å². The maximum Gasteiger partial charge on any atom is 0.202 e. The van der Waals surface area contributed by atoms with Gasteiger partial charge in [0.2, 0.25) is 5.78 Å². The Morgan fingerprint density at radius 3 is 2.34 bits per heavy atom. The van der Waals surface area contributed by atoms with Crippen LogP contribution in [-0.2, 0) is 33.6 Å². The first-order chi connectivity index (χ1) is 18.0. The largest absolute Gasteiger partial charge is 0.508 e. The van der Waals surface area contributed by atoms with Crippen molar-refractivity contribution in [1.29, 1.82) is 0 Å². The first kappa shape index (κ1) is 25.9. The van der Waals surface area contributed by atoms with Gasteiger partial charge in [-0.2, -0.15) is 0 Å². The van der Waals surface area contributed by atoms with Gasteiger partial charge < -0.3 is 20.4 Å². The third-order valence-corrected chi connectivity index (χ3v) is 8.33. The van der Waals surface area contributed by atoms with Crippen molar-refractivity contribution in [3.63, 3.8) is 0 Å². The molecule has 198 valence electrons. The number of rotatable bonds is 5. The van der Waals surface area contributed by atoms with Crippen molar-refractivity contribution in [3.05, 3.63) is 81.6 Å². The number of aromatic hydroxyl groups is 1. The molecule has 0 heterocycles. The Labute approximate surface area is 220 Å². The lowest BCUT2D eigenvalue weighted by molar-refractivity contribution is -0.153. The fraction of sp³-hybridized carbons (Fsp3) is 0.367. The summed E-state index contributed by atoms with van der Waals surface area (Å²) >= 11 is 0. The van der Waals surface area contributed by atoms with Gasteiger partial charge in [0.15, 0.2) is 17.2 Å². The molecule has 5 rings (SSSR count). The molecule has 0 spiro atoms. The molecular formula is C30H31NO7. The van der Waals surface area contributed by atoms with Crippen molar-refractivity contribution in [2.24, 2.45) is 11.8 Å². The molecule has 0 bridgehead atoms. The van der Waals surface area contributed by atoms with Gasteiger partial charge in [0, 0.05) is 11.5 Å². The molecule has 4 N–H and O–H groups in total. The molecular weight excluding hydrogens is 486 g/mol. The van der Waals surface area contributed by atoms with E-state index in [2.05, 4.69) is 0 Å². The predicted molar refractivity (Wildman–Crippen MR) is 140 cm³/mol. The number of aliphatic hydroxyl groups is 3. The number of benzene rings is 2. The summed E-state index contributed by atoms with van der Waals surface area (Å²) in [5, 5.41) is 44.8. The Morgan fingerprint density at radius 1 is 1.03 bits per heavy atom. The Balaban J connectivity index is 1.63. The molecule has 0 radical (unpaired) electrons. The van der Waals surface area contributed by atoms with Crippen LogP contribution in [0.25, 0.3) is 5.76 Å². The molecule has 8 heteroatoms. The number of phenols is 1. The molecule has 3 aliphatic carbocycles. The second-order valence-corrected chi connectivity index (χ2v) is 10.7. The van der Waals surface area contributed by atoms with Crippen LogP contribution >= 0.6 is 0 Å². The van der Waals surface area contributed by atoms with Gasteiger partial charge in [-0.3, -0.25) is 19.3 Å². The number of likely N-dealkylation sites (N-methyl/N-ethyl adjacent to an activating group) is 1. The average molecular weight is 518 g/mol. The van der Waals surface area contributed by atoms with Gasteiger partial charge in [-0.1, -0.05) is 36.4 Å². The smallest absolute Gasteiger partial charge is 0.202 e. The average Bonchev–Trinajstić information content (AvgIpc) is 2.86. The summed E-state index contributed by atoms with van der Waals surface area (Å²) in [6.07, 6.45) is 1.81. The van der Waals surface area contributed by atoms with E-state index in [1.807, 2.05) is 36.4 Å². The van der Waals surface area contributed by atoms with Gasteiger partial charge >= 0.3 is 0 Å². The molecule has 0 aliphatic heterocycles. The van der Waals surface area contributed by atoms with E-state index >= 15 is 0 Å². The number of nitrogens with zero attached hydrogens (tertiary/aromatic N) is 1. The van der Waals surface area contributed by atoms with Crippen molar-refractivity contribution >= 4 is 23.1 Å². The summed E-state index contributed by atoms with van der Waals surface area (Å²) < 4.78 is 0. The highest BCUT2D eigenvalue weighted by Crippen LogP contribution is 2.53. The van der Waals surface area contributed by atoms with E-state index in [0.717, 1.165) is 30.0 Å². The number of Topliss-reactive ketones (excluding diaryl/α,β-unsaturated/α-hetero) is 3. The molecule has 2 aromatic rings. The van der Waals surface area contributed by atoms with Crippen LogP contribution in [0.5, 0.6) is 5.75 Å². The minimum absolute atomic E-state index is 0.104. The molecule has 38 heavy (non-hydrogen) atoms. The summed E-state index contributed by atoms with van der Waals surface area (Å²) in [7, 11) is 3.23. The number of carbonyl (C=O) groups is 3. The Morgan fingerprint density at radius 2 is 1.71 bits per heavy atom. The summed E-state index contributed by atoms with van der Waals surface area (Å²) in [6.45, 7) is 1.10. The zero-order valence-corrected chi connectivity index (χ0v) is 21.6. The fourth-order valence-corrected chi connectivity index (χ4v) is 6.57. The van der Waals surface area contributed by atoms with E-state index in [-0.39, 0.29) is 23.3 Å². The van der Waals surface area contributed by atoms with Crippen LogP contribution in [0, 0.1) is 11.8 Å². The second kappa shape index (κ2) is 9.22. The summed E-state index contributed by atoms with van der Waals surface area (Å²) in [4.78, 5) is 41.0. The summed E-state index contributed by atoms with van der Waals surface area (Å²) in [5.41, 5.74) is -0.333.